The number of H-pyrrole nitrogens is 1. The number of ketones is 1. The van der Waals surface area contributed by atoms with Crippen LogP contribution in [0.4, 0.5) is 10.2 Å². The van der Waals surface area contributed by atoms with E-state index >= 15 is 0 Å². The van der Waals surface area contributed by atoms with E-state index in [9.17, 15) is 9.18 Å². The van der Waals surface area contributed by atoms with Gasteiger partial charge in [0.15, 0.2) is 5.78 Å². The van der Waals surface area contributed by atoms with Gasteiger partial charge >= 0.3 is 0 Å². The van der Waals surface area contributed by atoms with Gasteiger partial charge in [0.25, 0.3) is 0 Å². The Morgan fingerprint density at radius 1 is 1.15 bits per heavy atom. The fraction of sp³-hybridized carbons (Fsp3) is 0.350. The molecule has 3 heterocycles. The maximum Gasteiger partial charge on any atom is 0.178 e. The second kappa shape index (κ2) is 7.08. The van der Waals surface area contributed by atoms with Crippen molar-refractivity contribution in [3.05, 3.63) is 53.4 Å². The number of halogens is 1. The number of rotatable bonds is 4. The Morgan fingerprint density at radius 3 is 2.67 bits per heavy atom. The Labute approximate surface area is 157 Å². The van der Waals surface area contributed by atoms with Crippen molar-refractivity contribution < 1.29 is 9.18 Å². The van der Waals surface area contributed by atoms with Gasteiger partial charge in [-0.05, 0) is 32.0 Å². The van der Waals surface area contributed by atoms with E-state index in [1.54, 1.807) is 12.3 Å². The highest BCUT2D eigenvalue weighted by Crippen LogP contribution is 2.21. The molecule has 0 atom stereocenters. The molecule has 1 aliphatic rings. The van der Waals surface area contributed by atoms with Gasteiger partial charge in [0.1, 0.15) is 17.5 Å². The maximum absolute atomic E-state index is 13.5. The summed E-state index contributed by atoms with van der Waals surface area (Å²) in [4.78, 5) is 29.0. The smallest absolute Gasteiger partial charge is 0.178 e. The van der Waals surface area contributed by atoms with Crippen LogP contribution in [-0.4, -0.2) is 58.4 Å². The van der Waals surface area contributed by atoms with E-state index in [0.29, 0.717) is 17.5 Å². The lowest BCUT2D eigenvalue weighted by molar-refractivity contribution is 0.0928. The fourth-order valence-corrected chi connectivity index (χ4v) is 3.61. The van der Waals surface area contributed by atoms with Crippen LogP contribution in [0.3, 0.4) is 0 Å². The molecular weight excluding hydrogens is 345 g/mol. The van der Waals surface area contributed by atoms with E-state index in [2.05, 4.69) is 24.8 Å². The van der Waals surface area contributed by atoms with Crippen LogP contribution < -0.4 is 4.90 Å². The average Bonchev–Trinajstić information content (AvgIpc) is 3.04. The minimum absolute atomic E-state index is 0.00836. The topological polar surface area (TPSA) is 65.1 Å². The monoisotopic (exact) mass is 367 g/mol. The number of piperazine rings is 1. The molecule has 1 aliphatic heterocycles. The molecule has 1 fully saturated rings. The third-order valence-corrected chi connectivity index (χ3v) is 4.96. The number of carbonyl (C=O) groups excluding carboxylic acids is 1. The van der Waals surface area contributed by atoms with Gasteiger partial charge in [-0.1, -0.05) is 0 Å². The summed E-state index contributed by atoms with van der Waals surface area (Å²) in [6, 6.07) is 6.46. The van der Waals surface area contributed by atoms with Gasteiger partial charge in [0, 0.05) is 60.6 Å². The van der Waals surface area contributed by atoms with Crippen LogP contribution in [0.15, 0.2) is 30.5 Å². The van der Waals surface area contributed by atoms with Crippen LogP contribution >= 0.6 is 0 Å². The number of aromatic amines is 1. The number of nitrogens with one attached hydrogen (secondary N) is 1. The van der Waals surface area contributed by atoms with Crippen molar-refractivity contribution in [2.45, 2.75) is 13.8 Å². The third-order valence-electron chi connectivity index (χ3n) is 4.96. The summed E-state index contributed by atoms with van der Waals surface area (Å²) in [5.74, 6) is 1.39. The van der Waals surface area contributed by atoms with Gasteiger partial charge in [-0.3, -0.25) is 9.69 Å². The largest absolute Gasteiger partial charge is 0.360 e. The minimum atomic E-state index is -0.333. The first-order valence-electron chi connectivity index (χ1n) is 9.09. The Morgan fingerprint density at radius 2 is 1.93 bits per heavy atom. The lowest BCUT2D eigenvalue weighted by Gasteiger charge is -2.35. The van der Waals surface area contributed by atoms with Crippen LogP contribution in [-0.2, 0) is 0 Å². The third kappa shape index (κ3) is 3.68. The van der Waals surface area contributed by atoms with Gasteiger partial charge in [-0.2, -0.15) is 0 Å². The zero-order chi connectivity index (χ0) is 19.0. The van der Waals surface area contributed by atoms with E-state index in [-0.39, 0.29) is 11.6 Å². The van der Waals surface area contributed by atoms with Crippen molar-refractivity contribution in [2.24, 2.45) is 0 Å². The number of carbonyl (C=O) groups is 1. The minimum Gasteiger partial charge on any atom is -0.360 e. The molecule has 1 saturated heterocycles. The zero-order valence-electron chi connectivity index (χ0n) is 15.5. The molecule has 0 spiro atoms. The summed E-state index contributed by atoms with van der Waals surface area (Å²) in [5, 5.41) is 0.644. The molecule has 4 rings (SSSR count). The summed E-state index contributed by atoms with van der Waals surface area (Å²) in [6.45, 7) is 7.39. The molecule has 140 valence electrons. The molecule has 2 aromatic heterocycles. The van der Waals surface area contributed by atoms with Crippen LogP contribution in [0.25, 0.3) is 10.9 Å². The quantitative estimate of drug-likeness (QED) is 0.719. The summed E-state index contributed by atoms with van der Waals surface area (Å²) < 4.78 is 13.5. The number of hydrogen-bond acceptors (Lipinski definition) is 5. The predicted molar refractivity (Wildman–Crippen MR) is 103 cm³/mol. The molecular formula is C20H22FN5O. The van der Waals surface area contributed by atoms with E-state index < -0.39 is 0 Å². The molecule has 0 saturated carbocycles. The van der Waals surface area contributed by atoms with Crippen molar-refractivity contribution in [1.82, 2.24) is 19.9 Å². The second-order valence-corrected chi connectivity index (χ2v) is 6.99. The number of benzene rings is 1. The highest BCUT2D eigenvalue weighted by Gasteiger charge is 2.22. The Balaban J connectivity index is 1.41. The number of hydrogen-bond donors (Lipinski definition) is 1. The average molecular weight is 367 g/mol. The van der Waals surface area contributed by atoms with Crippen molar-refractivity contribution in [1.29, 1.82) is 0 Å². The summed E-state index contributed by atoms with van der Waals surface area (Å²) >= 11 is 0. The number of fused-ring (bicyclic) bond motifs is 1. The molecule has 7 heteroatoms. The first kappa shape index (κ1) is 17.6. The number of anilines is 1. The first-order valence-corrected chi connectivity index (χ1v) is 9.09. The van der Waals surface area contributed by atoms with Crippen LogP contribution in [0, 0.1) is 19.7 Å². The Bertz CT molecular complexity index is 971. The number of aryl methyl sites for hydroxylation is 2. The molecule has 1 N–H and O–H groups in total. The fourth-order valence-electron chi connectivity index (χ4n) is 3.61. The Kier molecular flexibility index (Phi) is 4.61. The Hall–Kier alpha value is -2.80. The lowest BCUT2D eigenvalue weighted by Crippen LogP contribution is -2.48. The lowest BCUT2D eigenvalue weighted by atomic mass is 10.1. The standard InChI is InChI=1S/C20H22FN5O/c1-13-9-20(24-14(2)23-13)26-7-5-25(6-8-26)12-19(27)17-11-22-18-4-3-15(21)10-16(17)18/h3-4,9-11,22H,5-8,12H2,1-2H3. The van der Waals surface area contributed by atoms with Crippen molar-refractivity contribution >= 4 is 22.5 Å². The van der Waals surface area contributed by atoms with Gasteiger partial charge in [0.2, 0.25) is 0 Å². The predicted octanol–water partition coefficient (Wildman–Crippen LogP) is 2.72. The highest BCUT2D eigenvalue weighted by atomic mass is 19.1. The van der Waals surface area contributed by atoms with E-state index in [1.807, 2.05) is 19.9 Å². The van der Waals surface area contributed by atoms with Crippen molar-refractivity contribution in [3.8, 4) is 0 Å². The number of nitrogens with zero attached hydrogens (tertiary/aromatic N) is 4. The number of Topliss-reactive ketones (excluding diaryl/α,β-unsaturated/α-hetero) is 1. The van der Waals surface area contributed by atoms with E-state index in [1.165, 1.54) is 12.1 Å². The van der Waals surface area contributed by atoms with E-state index in [0.717, 1.165) is 49.0 Å². The summed E-state index contributed by atoms with van der Waals surface area (Å²) in [7, 11) is 0. The SMILES string of the molecule is Cc1cc(N2CCN(CC(=O)c3c[nH]c4ccc(F)cc34)CC2)nc(C)n1. The van der Waals surface area contributed by atoms with Crippen molar-refractivity contribution in [2.75, 3.05) is 37.6 Å². The van der Waals surface area contributed by atoms with Crippen molar-refractivity contribution in [3.63, 3.8) is 0 Å². The molecule has 6 nitrogen and oxygen atoms in total. The van der Waals surface area contributed by atoms with Gasteiger partial charge in [-0.25, -0.2) is 14.4 Å². The normalized spacial score (nSPS) is 15.4. The van der Waals surface area contributed by atoms with Crippen LogP contribution in [0.1, 0.15) is 21.9 Å². The zero-order valence-corrected chi connectivity index (χ0v) is 15.5. The summed E-state index contributed by atoms with van der Waals surface area (Å²) in [5.41, 5.74) is 2.29. The van der Waals surface area contributed by atoms with Gasteiger partial charge < -0.3 is 9.88 Å². The maximum atomic E-state index is 13.5. The molecule has 0 aliphatic carbocycles. The molecule has 27 heavy (non-hydrogen) atoms. The first-order chi connectivity index (χ1) is 13.0. The van der Waals surface area contributed by atoms with Crippen LogP contribution in [0.2, 0.25) is 0 Å². The molecule has 0 radical (unpaired) electrons. The molecule has 0 amide bonds. The summed E-state index contributed by atoms with van der Waals surface area (Å²) in [6.07, 6.45) is 1.68. The highest BCUT2D eigenvalue weighted by molar-refractivity contribution is 6.08. The molecule has 0 unspecified atom stereocenters. The van der Waals surface area contributed by atoms with Gasteiger partial charge in [-0.15, -0.1) is 0 Å². The molecule has 1 aromatic carbocycles. The molecule has 0 bridgehead atoms. The van der Waals surface area contributed by atoms with Gasteiger partial charge in [0.05, 0.1) is 6.54 Å². The van der Waals surface area contributed by atoms with E-state index in [4.69, 9.17) is 0 Å². The molecule has 3 aromatic rings. The van der Waals surface area contributed by atoms with Crippen LogP contribution in [0.5, 0.6) is 0 Å². The number of aromatic nitrogens is 3. The second-order valence-electron chi connectivity index (χ2n) is 6.99.